The zero-order chi connectivity index (χ0) is 29.9. The smallest absolute Gasteiger partial charge is 0.235 e. The van der Waals surface area contributed by atoms with E-state index in [4.69, 9.17) is 9.97 Å². The molecule has 0 atom stereocenters. The van der Waals surface area contributed by atoms with Gasteiger partial charge in [0.25, 0.3) is 0 Å². The van der Waals surface area contributed by atoms with E-state index >= 15 is 0 Å². The van der Waals surface area contributed by atoms with Gasteiger partial charge in [0.2, 0.25) is 5.95 Å². The molecule has 9 aromatic rings. The lowest BCUT2D eigenvalue weighted by molar-refractivity contribution is 0.664. The van der Waals surface area contributed by atoms with Crippen molar-refractivity contribution < 1.29 is 0 Å². The van der Waals surface area contributed by atoms with Crippen LogP contribution in [0.4, 0.5) is 0 Å². The van der Waals surface area contributed by atoms with Crippen molar-refractivity contribution in [1.29, 1.82) is 0 Å². The van der Waals surface area contributed by atoms with E-state index in [2.05, 4.69) is 146 Å². The van der Waals surface area contributed by atoms with Crippen molar-refractivity contribution in [2.75, 3.05) is 0 Å². The highest BCUT2D eigenvalue weighted by molar-refractivity contribution is 7.26. The van der Waals surface area contributed by atoms with Gasteiger partial charge in [0.1, 0.15) is 0 Å². The molecule has 0 fully saturated rings. The van der Waals surface area contributed by atoms with Gasteiger partial charge in [0, 0.05) is 52.9 Å². The van der Waals surface area contributed by atoms with Gasteiger partial charge < -0.3 is 0 Å². The molecule has 0 saturated carbocycles. The number of benzene rings is 6. The highest BCUT2D eigenvalue weighted by Crippen LogP contribution is 2.58. The third-order valence-electron chi connectivity index (χ3n) is 9.77. The van der Waals surface area contributed by atoms with Crippen molar-refractivity contribution in [2.24, 2.45) is 0 Å². The van der Waals surface area contributed by atoms with Crippen LogP contribution in [0.2, 0.25) is 0 Å². The summed E-state index contributed by atoms with van der Waals surface area (Å²) in [7, 11) is 0. The van der Waals surface area contributed by atoms with Gasteiger partial charge in [0.05, 0.1) is 22.2 Å². The Labute approximate surface area is 264 Å². The minimum atomic E-state index is -0.222. The average Bonchev–Trinajstić information content (AvgIpc) is 3.70. The minimum Gasteiger partial charge on any atom is -0.278 e. The molecule has 0 bridgehead atoms. The highest BCUT2D eigenvalue weighted by Gasteiger charge is 2.41. The molecule has 0 aliphatic heterocycles. The average molecular weight is 594 g/mol. The van der Waals surface area contributed by atoms with Gasteiger partial charge in [-0.1, -0.05) is 123 Å². The van der Waals surface area contributed by atoms with Gasteiger partial charge in [-0.3, -0.25) is 4.57 Å². The lowest BCUT2D eigenvalue weighted by atomic mass is 9.81. The van der Waals surface area contributed by atoms with Crippen LogP contribution in [0.25, 0.3) is 81.2 Å². The number of hydrogen-bond acceptors (Lipinski definition) is 3. The summed E-state index contributed by atoms with van der Waals surface area (Å²) in [5.74, 6) is 0.701. The van der Waals surface area contributed by atoms with Crippen LogP contribution in [0.1, 0.15) is 25.0 Å². The van der Waals surface area contributed by atoms with Crippen LogP contribution in [0.15, 0.2) is 127 Å². The van der Waals surface area contributed by atoms with Crippen molar-refractivity contribution >= 4 is 64.2 Å². The normalized spacial score (nSPS) is 13.7. The van der Waals surface area contributed by atoms with Crippen LogP contribution in [0.5, 0.6) is 0 Å². The first-order chi connectivity index (χ1) is 22.1. The molecule has 0 N–H and O–H groups in total. The molecule has 0 saturated heterocycles. The molecule has 4 heteroatoms. The Morgan fingerprint density at radius 2 is 1.31 bits per heavy atom. The number of para-hydroxylation sites is 2. The SMILES string of the molecule is CC1(C)c2ccccc2-c2c1c1c(c3ccccc3n1-c1nc(-c3ccccc3)c3ccccc3n1)c1c2sc2ccccc21. The van der Waals surface area contributed by atoms with Crippen LogP contribution in [0.3, 0.4) is 0 Å². The number of hydrogen-bond donors (Lipinski definition) is 0. The first-order valence-corrected chi connectivity index (χ1v) is 16.3. The van der Waals surface area contributed by atoms with Crippen molar-refractivity contribution in [3.8, 4) is 28.3 Å². The standard InChI is InChI=1S/C41H27N3S/c1-41(2)29-20-10-6-16-25(29)35-36(41)38-33(34-28-19-9-13-23-32(28)45-39(34)35)27-18-8-12-22-31(27)44(38)40-42-30-21-11-7-17-26(30)37(43-40)24-14-4-3-5-15-24/h3-23H,1-2H3. The van der Waals surface area contributed by atoms with E-state index in [1.807, 2.05) is 11.3 Å². The Morgan fingerprint density at radius 1 is 0.622 bits per heavy atom. The fourth-order valence-electron chi connectivity index (χ4n) is 7.87. The second kappa shape index (κ2) is 8.87. The molecule has 0 spiro atoms. The molecule has 0 unspecified atom stereocenters. The van der Waals surface area contributed by atoms with E-state index in [9.17, 15) is 0 Å². The highest BCUT2D eigenvalue weighted by atomic mass is 32.1. The third-order valence-corrected chi connectivity index (χ3v) is 11.0. The summed E-state index contributed by atoms with van der Waals surface area (Å²) in [6.45, 7) is 4.77. The number of aromatic nitrogens is 3. The summed E-state index contributed by atoms with van der Waals surface area (Å²) in [5.41, 5.74) is 10.5. The lowest BCUT2D eigenvalue weighted by Gasteiger charge is -2.24. The molecule has 10 rings (SSSR count). The molecule has 0 radical (unpaired) electrons. The van der Waals surface area contributed by atoms with Gasteiger partial charge in [-0.25, -0.2) is 9.97 Å². The largest absolute Gasteiger partial charge is 0.278 e. The van der Waals surface area contributed by atoms with Crippen molar-refractivity contribution in [3.63, 3.8) is 0 Å². The van der Waals surface area contributed by atoms with Crippen LogP contribution >= 0.6 is 11.3 Å². The van der Waals surface area contributed by atoms with Crippen LogP contribution in [0, 0.1) is 0 Å². The molecule has 0 amide bonds. The van der Waals surface area contributed by atoms with E-state index in [-0.39, 0.29) is 5.41 Å². The van der Waals surface area contributed by atoms with Crippen LogP contribution in [-0.4, -0.2) is 14.5 Å². The molecule has 3 nitrogen and oxygen atoms in total. The Kier molecular flexibility index (Phi) is 4.94. The van der Waals surface area contributed by atoms with Gasteiger partial charge in [-0.05, 0) is 34.9 Å². The maximum absolute atomic E-state index is 5.42. The summed E-state index contributed by atoms with van der Waals surface area (Å²) in [6, 6.07) is 45.6. The molecular weight excluding hydrogens is 567 g/mol. The van der Waals surface area contributed by atoms with Crippen LogP contribution in [-0.2, 0) is 5.41 Å². The molecule has 1 aliphatic rings. The van der Waals surface area contributed by atoms with Gasteiger partial charge in [-0.15, -0.1) is 11.3 Å². The van der Waals surface area contributed by atoms with E-state index < -0.39 is 0 Å². The Balaban J connectivity index is 1.47. The second-order valence-corrected chi connectivity index (χ2v) is 13.6. The van der Waals surface area contributed by atoms with E-state index in [0.717, 1.165) is 27.7 Å². The molecule has 3 heterocycles. The summed E-state index contributed by atoms with van der Waals surface area (Å²) in [5, 5.41) is 6.21. The van der Waals surface area contributed by atoms with Gasteiger partial charge >= 0.3 is 0 Å². The third kappa shape index (κ3) is 3.24. The molecule has 1 aliphatic carbocycles. The predicted octanol–water partition coefficient (Wildman–Crippen LogP) is 11.1. The summed E-state index contributed by atoms with van der Waals surface area (Å²) < 4.78 is 5.04. The number of nitrogens with zero attached hydrogens (tertiary/aromatic N) is 3. The molecule has 3 aromatic heterocycles. The van der Waals surface area contributed by atoms with Crippen molar-refractivity contribution in [1.82, 2.24) is 14.5 Å². The minimum absolute atomic E-state index is 0.222. The summed E-state index contributed by atoms with van der Waals surface area (Å²) >= 11 is 1.92. The summed E-state index contributed by atoms with van der Waals surface area (Å²) in [4.78, 5) is 10.7. The maximum Gasteiger partial charge on any atom is 0.235 e. The van der Waals surface area contributed by atoms with Gasteiger partial charge in [0.15, 0.2) is 0 Å². The molecule has 212 valence electrons. The number of fused-ring (bicyclic) bond motifs is 13. The van der Waals surface area contributed by atoms with Gasteiger partial charge in [-0.2, -0.15) is 0 Å². The molecular formula is C41H27N3S. The molecule has 6 aromatic carbocycles. The second-order valence-electron chi connectivity index (χ2n) is 12.6. The topological polar surface area (TPSA) is 30.7 Å². The van der Waals surface area contributed by atoms with E-state index in [1.54, 1.807) is 0 Å². The number of rotatable bonds is 2. The van der Waals surface area contributed by atoms with Crippen molar-refractivity contribution in [3.05, 3.63) is 139 Å². The monoisotopic (exact) mass is 593 g/mol. The predicted molar refractivity (Wildman–Crippen MR) is 190 cm³/mol. The lowest BCUT2D eigenvalue weighted by Crippen LogP contribution is -2.17. The van der Waals surface area contributed by atoms with E-state index in [0.29, 0.717) is 5.95 Å². The zero-order valence-corrected chi connectivity index (χ0v) is 25.7. The fraction of sp³-hybridized carbons (Fsp3) is 0.0732. The van der Waals surface area contributed by atoms with E-state index in [1.165, 1.54) is 58.7 Å². The maximum atomic E-state index is 5.42. The first-order valence-electron chi connectivity index (χ1n) is 15.4. The van der Waals surface area contributed by atoms with Crippen molar-refractivity contribution in [2.45, 2.75) is 19.3 Å². The summed E-state index contributed by atoms with van der Waals surface area (Å²) in [6.07, 6.45) is 0. The van der Waals surface area contributed by atoms with Crippen LogP contribution < -0.4 is 0 Å². The Morgan fingerprint density at radius 3 is 2.18 bits per heavy atom. The quantitative estimate of drug-likeness (QED) is 0.200. The zero-order valence-electron chi connectivity index (χ0n) is 24.9. The fourth-order valence-corrected chi connectivity index (χ4v) is 9.14. The number of thiophene rings is 1. The Bertz CT molecular complexity index is 2680. The molecule has 45 heavy (non-hydrogen) atoms. The first kappa shape index (κ1) is 25.1. The Hall–Kier alpha value is -5.32.